The average Bonchev–Trinajstić information content (AvgIpc) is 2.55. The summed E-state index contributed by atoms with van der Waals surface area (Å²) in [6, 6.07) is 10.1. The van der Waals surface area contributed by atoms with E-state index in [-0.39, 0.29) is 30.7 Å². The molecule has 4 nitrogen and oxygen atoms in total. The molecular weight excluding hydrogens is 333 g/mol. The number of pyridine rings is 1. The second-order valence-electron chi connectivity index (χ2n) is 6.13. The highest BCUT2D eigenvalue weighted by Crippen LogP contribution is 2.27. The summed E-state index contributed by atoms with van der Waals surface area (Å²) in [4.78, 5) is 19.3. The third-order valence-corrected chi connectivity index (χ3v) is 4.83. The molecule has 0 radical (unpaired) electrons. The van der Waals surface area contributed by atoms with E-state index < -0.39 is 0 Å². The number of halogens is 2. The third-order valence-electron chi connectivity index (χ3n) is 4.83. The highest BCUT2D eigenvalue weighted by molar-refractivity contribution is 5.97. The van der Waals surface area contributed by atoms with Gasteiger partial charge in [-0.25, -0.2) is 0 Å². The molecule has 1 atom stereocenters. The molecule has 0 spiro atoms. The number of hydrogen-bond acceptors (Lipinski definition) is 3. The van der Waals surface area contributed by atoms with Gasteiger partial charge in [-0.15, -0.1) is 24.8 Å². The van der Waals surface area contributed by atoms with Crippen molar-refractivity contribution in [2.45, 2.75) is 18.9 Å². The summed E-state index contributed by atoms with van der Waals surface area (Å²) >= 11 is 0. The van der Waals surface area contributed by atoms with E-state index in [1.54, 1.807) is 6.20 Å². The molecule has 0 aliphatic carbocycles. The number of amides is 1. The van der Waals surface area contributed by atoms with E-state index in [1.807, 2.05) is 30.3 Å². The monoisotopic (exact) mass is 353 g/mol. The molecule has 2 aromatic rings. The summed E-state index contributed by atoms with van der Waals surface area (Å²) in [6.07, 6.45) is 4.10. The van der Waals surface area contributed by atoms with Gasteiger partial charge in [0.05, 0.1) is 11.1 Å². The minimum atomic E-state index is 0. The van der Waals surface area contributed by atoms with Crippen LogP contribution in [0.25, 0.3) is 10.9 Å². The van der Waals surface area contributed by atoms with E-state index in [0.29, 0.717) is 17.5 Å². The Morgan fingerprint density at radius 3 is 2.61 bits per heavy atom. The first-order valence-corrected chi connectivity index (χ1v) is 7.67. The highest BCUT2D eigenvalue weighted by atomic mass is 35.5. The maximum atomic E-state index is 12.5. The lowest BCUT2D eigenvalue weighted by Gasteiger charge is -2.44. The van der Waals surface area contributed by atoms with Gasteiger partial charge in [-0.3, -0.25) is 9.78 Å². The number of nitrogens with one attached hydrogen (secondary N) is 1. The molecule has 3 fully saturated rings. The van der Waals surface area contributed by atoms with Crippen LogP contribution in [0.1, 0.15) is 23.2 Å². The van der Waals surface area contributed by atoms with Gasteiger partial charge in [-0.1, -0.05) is 18.2 Å². The van der Waals surface area contributed by atoms with Crippen LogP contribution in [0.4, 0.5) is 0 Å². The maximum absolute atomic E-state index is 12.5. The lowest BCUT2D eigenvalue weighted by molar-refractivity contribution is 0.0620. The zero-order chi connectivity index (χ0) is 14.2. The summed E-state index contributed by atoms with van der Waals surface area (Å²) in [6.45, 7) is 3.38. The molecule has 3 aliphatic heterocycles. The number of carbonyl (C=O) groups is 1. The van der Waals surface area contributed by atoms with Crippen LogP contribution in [-0.4, -0.2) is 41.5 Å². The summed E-state index contributed by atoms with van der Waals surface area (Å²) in [5.41, 5.74) is 1.59. The minimum Gasteiger partial charge on any atom is -0.348 e. The predicted molar refractivity (Wildman–Crippen MR) is 96.7 cm³/mol. The Morgan fingerprint density at radius 2 is 1.91 bits per heavy atom. The van der Waals surface area contributed by atoms with Gasteiger partial charge in [-0.05, 0) is 44.0 Å². The molecule has 6 heteroatoms. The quantitative estimate of drug-likeness (QED) is 0.902. The van der Waals surface area contributed by atoms with Gasteiger partial charge in [0.2, 0.25) is 0 Å². The van der Waals surface area contributed by atoms with Gasteiger partial charge in [0.25, 0.3) is 5.91 Å². The number of hydrogen-bond donors (Lipinski definition) is 1. The van der Waals surface area contributed by atoms with Crippen LogP contribution in [-0.2, 0) is 0 Å². The van der Waals surface area contributed by atoms with Crippen molar-refractivity contribution < 1.29 is 4.79 Å². The fourth-order valence-electron chi connectivity index (χ4n) is 3.58. The second kappa shape index (κ2) is 7.47. The minimum absolute atomic E-state index is 0. The van der Waals surface area contributed by atoms with Crippen molar-refractivity contribution in [2.24, 2.45) is 5.92 Å². The largest absolute Gasteiger partial charge is 0.348 e. The molecular formula is C17H21Cl2N3O. The Kier molecular flexibility index (Phi) is 5.84. The Labute approximate surface area is 148 Å². The van der Waals surface area contributed by atoms with Crippen molar-refractivity contribution in [1.29, 1.82) is 0 Å². The maximum Gasteiger partial charge on any atom is 0.253 e. The molecule has 1 N–H and O–H groups in total. The highest BCUT2D eigenvalue weighted by Gasteiger charge is 2.34. The smallest absolute Gasteiger partial charge is 0.253 e. The Balaban J connectivity index is 0.000000960. The Bertz CT molecular complexity index is 686. The number of benzene rings is 1. The number of rotatable bonds is 2. The van der Waals surface area contributed by atoms with Crippen molar-refractivity contribution in [1.82, 2.24) is 15.2 Å². The zero-order valence-corrected chi connectivity index (χ0v) is 14.4. The summed E-state index contributed by atoms with van der Waals surface area (Å²) in [7, 11) is 0. The standard InChI is InChI=1S/C17H19N3O.2ClH/c21-17(19-16-11-20-7-5-12(16)6-8-20)14-9-13-3-1-2-4-15(13)18-10-14;;/h1-4,9-10,12,16H,5-8,11H2,(H,19,21);2*1H/t16-;;/m0../s1. The molecule has 0 saturated carbocycles. The number of fused-ring (bicyclic) bond motifs is 4. The fourth-order valence-corrected chi connectivity index (χ4v) is 3.58. The van der Waals surface area contributed by atoms with Gasteiger partial charge >= 0.3 is 0 Å². The van der Waals surface area contributed by atoms with E-state index in [2.05, 4.69) is 15.2 Å². The summed E-state index contributed by atoms with van der Waals surface area (Å²) in [5.74, 6) is 0.652. The van der Waals surface area contributed by atoms with E-state index in [1.165, 1.54) is 25.9 Å². The van der Waals surface area contributed by atoms with E-state index in [9.17, 15) is 4.79 Å². The van der Waals surface area contributed by atoms with Crippen LogP contribution in [0, 0.1) is 5.92 Å². The first-order valence-electron chi connectivity index (χ1n) is 7.67. The fraction of sp³-hybridized carbons (Fsp3) is 0.412. The van der Waals surface area contributed by atoms with Crippen LogP contribution in [0.5, 0.6) is 0 Å². The van der Waals surface area contributed by atoms with E-state index in [0.717, 1.165) is 17.4 Å². The molecule has 4 heterocycles. The molecule has 5 rings (SSSR count). The van der Waals surface area contributed by atoms with Crippen LogP contribution in [0.3, 0.4) is 0 Å². The second-order valence-corrected chi connectivity index (χ2v) is 6.13. The molecule has 0 unspecified atom stereocenters. The molecule has 3 saturated heterocycles. The van der Waals surface area contributed by atoms with Crippen molar-refractivity contribution in [3.05, 3.63) is 42.1 Å². The summed E-state index contributed by atoms with van der Waals surface area (Å²) < 4.78 is 0. The molecule has 124 valence electrons. The van der Waals surface area contributed by atoms with Gasteiger partial charge in [0.15, 0.2) is 0 Å². The molecule has 1 amide bonds. The third kappa shape index (κ3) is 3.60. The normalized spacial score (nSPS) is 25.3. The number of aromatic nitrogens is 1. The van der Waals surface area contributed by atoms with Crippen molar-refractivity contribution in [3.63, 3.8) is 0 Å². The van der Waals surface area contributed by atoms with E-state index in [4.69, 9.17) is 0 Å². The lowest BCUT2D eigenvalue weighted by atomic mass is 9.84. The topological polar surface area (TPSA) is 45.2 Å². The number of nitrogens with zero attached hydrogens (tertiary/aromatic N) is 2. The lowest BCUT2D eigenvalue weighted by Crippen LogP contribution is -2.57. The molecule has 3 aliphatic rings. The van der Waals surface area contributed by atoms with Crippen molar-refractivity contribution in [3.8, 4) is 0 Å². The van der Waals surface area contributed by atoms with Crippen LogP contribution in [0.15, 0.2) is 36.5 Å². The first kappa shape index (κ1) is 18.0. The van der Waals surface area contributed by atoms with Crippen LogP contribution >= 0.6 is 24.8 Å². The Morgan fingerprint density at radius 1 is 1.17 bits per heavy atom. The van der Waals surface area contributed by atoms with Crippen molar-refractivity contribution in [2.75, 3.05) is 19.6 Å². The van der Waals surface area contributed by atoms with E-state index >= 15 is 0 Å². The average molecular weight is 354 g/mol. The number of para-hydroxylation sites is 1. The summed E-state index contributed by atoms with van der Waals surface area (Å²) in [5, 5.41) is 4.22. The first-order chi connectivity index (χ1) is 10.3. The zero-order valence-electron chi connectivity index (χ0n) is 12.8. The molecule has 1 aromatic carbocycles. The van der Waals surface area contributed by atoms with Gasteiger partial charge in [-0.2, -0.15) is 0 Å². The van der Waals surface area contributed by atoms with Gasteiger partial charge in [0, 0.05) is 24.2 Å². The predicted octanol–water partition coefficient (Wildman–Crippen LogP) is 2.90. The number of piperidine rings is 3. The van der Waals surface area contributed by atoms with Crippen LogP contribution in [0.2, 0.25) is 0 Å². The molecule has 1 aromatic heterocycles. The molecule has 23 heavy (non-hydrogen) atoms. The van der Waals surface area contributed by atoms with Crippen molar-refractivity contribution >= 4 is 41.6 Å². The SMILES string of the molecule is Cl.Cl.O=C(N[C@H]1CN2CCC1CC2)c1cnc2ccccc2c1. The number of carbonyl (C=O) groups excluding carboxylic acids is 1. The molecule has 2 bridgehead atoms. The van der Waals surface area contributed by atoms with Gasteiger partial charge < -0.3 is 10.2 Å². The van der Waals surface area contributed by atoms with Crippen LogP contribution < -0.4 is 5.32 Å². The Hall–Kier alpha value is -1.36. The van der Waals surface area contributed by atoms with Gasteiger partial charge in [0.1, 0.15) is 0 Å².